The van der Waals surface area contributed by atoms with Crippen molar-refractivity contribution < 1.29 is 14.3 Å². The van der Waals surface area contributed by atoms with Crippen molar-refractivity contribution in [2.45, 2.75) is 6.61 Å². The summed E-state index contributed by atoms with van der Waals surface area (Å²) in [6.07, 6.45) is 1.68. The molecule has 30 heavy (non-hydrogen) atoms. The third kappa shape index (κ3) is 5.22. The second kappa shape index (κ2) is 9.49. The van der Waals surface area contributed by atoms with Crippen molar-refractivity contribution in [3.8, 4) is 5.75 Å². The number of benzene rings is 3. The third-order valence-electron chi connectivity index (χ3n) is 4.24. The third-order valence-corrected chi connectivity index (χ3v) is 5.91. The molecule has 0 N–H and O–H groups in total. The van der Waals surface area contributed by atoms with Gasteiger partial charge in [-0.25, -0.2) is 9.79 Å². The van der Waals surface area contributed by atoms with Gasteiger partial charge in [-0.1, -0.05) is 35.9 Å². The van der Waals surface area contributed by atoms with E-state index in [0.29, 0.717) is 22.9 Å². The van der Waals surface area contributed by atoms with E-state index in [-0.39, 0.29) is 11.6 Å². The van der Waals surface area contributed by atoms with Crippen LogP contribution in [0.2, 0.25) is 5.02 Å². The van der Waals surface area contributed by atoms with E-state index in [1.807, 2.05) is 54.6 Å². The molecule has 150 valence electrons. The van der Waals surface area contributed by atoms with Crippen molar-refractivity contribution in [3.63, 3.8) is 0 Å². The largest absolute Gasteiger partial charge is 0.489 e. The second-order valence-corrected chi connectivity index (χ2v) is 9.35. The van der Waals surface area contributed by atoms with Crippen LogP contribution in [0.25, 0.3) is 6.08 Å². The molecule has 0 amide bonds. The number of aliphatic imine (C=N–C) groups is 1. The van der Waals surface area contributed by atoms with E-state index in [2.05, 4.69) is 56.2 Å². The van der Waals surface area contributed by atoms with Gasteiger partial charge in [0, 0.05) is 7.14 Å². The lowest BCUT2D eigenvalue weighted by atomic mass is 10.2. The molecule has 0 spiro atoms. The van der Waals surface area contributed by atoms with Crippen molar-refractivity contribution >= 4 is 74.7 Å². The smallest absolute Gasteiger partial charge is 0.363 e. The van der Waals surface area contributed by atoms with Gasteiger partial charge in [-0.3, -0.25) is 0 Å². The number of carbonyl (C=O) groups is 1. The van der Waals surface area contributed by atoms with Crippen molar-refractivity contribution in [2.24, 2.45) is 4.99 Å². The zero-order valence-corrected chi connectivity index (χ0v) is 20.5. The lowest BCUT2D eigenvalue weighted by Crippen LogP contribution is -2.06. The fraction of sp³-hybridized carbons (Fsp3) is 0.0435. The zero-order chi connectivity index (χ0) is 21.1. The highest BCUT2D eigenvalue weighted by molar-refractivity contribution is 14.1. The van der Waals surface area contributed by atoms with E-state index in [4.69, 9.17) is 21.1 Å². The van der Waals surface area contributed by atoms with E-state index in [9.17, 15) is 4.79 Å². The topological polar surface area (TPSA) is 47.9 Å². The Morgan fingerprint density at radius 2 is 1.80 bits per heavy atom. The molecular formula is C23H14ClI2NO3. The van der Waals surface area contributed by atoms with E-state index < -0.39 is 5.97 Å². The Hall–Kier alpha value is -1.91. The molecule has 3 aromatic carbocycles. The molecule has 0 bridgehead atoms. The van der Waals surface area contributed by atoms with Crippen LogP contribution in [0.1, 0.15) is 16.7 Å². The zero-order valence-electron chi connectivity index (χ0n) is 15.4. The predicted molar refractivity (Wildman–Crippen MR) is 135 cm³/mol. The summed E-state index contributed by atoms with van der Waals surface area (Å²) in [5, 5.41) is 0.481. The van der Waals surface area contributed by atoms with E-state index >= 15 is 0 Å². The number of hydrogen-bond donors (Lipinski definition) is 0. The maximum atomic E-state index is 12.3. The van der Waals surface area contributed by atoms with Crippen LogP contribution in [0.15, 0.2) is 77.4 Å². The first-order valence-electron chi connectivity index (χ1n) is 8.93. The van der Waals surface area contributed by atoms with Gasteiger partial charge in [0.25, 0.3) is 0 Å². The van der Waals surface area contributed by atoms with Crippen LogP contribution in [-0.2, 0) is 16.1 Å². The summed E-state index contributed by atoms with van der Waals surface area (Å²) < 4.78 is 13.4. The molecule has 1 aliphatic rings. The quantitative estimate of drug-likeness (QED) is 0.182. The summed E-state index contributed by atoms with van der Waals surface area (Å²) in [6.45, 7) is 0.465. The molecule has 4 nitrogen and oxygen atoms in total. The maximum Gasteiger partial charge on any atom is 0.363 e. The normalized spacial score (nSPS) is 14.6. The first kappa shape index (κ1) is 21.3. The van der Waals surface area contributed by atoms with Crippen LogP contribution in [0, 0.1) is 7.14 Å². The first-order chi connectivity index (χ1) is 14.5. The van der Waals surface area contributed by atoms with Gasteiger partial charge in [-0.15, -0.1) is 0 Å². The van der Waals surface area contributed by atoms with Crippen LogP contribution in [0.4, 0.5) is 0 Å². The number of nitrogens with zero attached hydrogens (tertiary/aromatic N) is 1. The number of hydrogen-bond acceptors (Lipinski definition) is 4. The molecular weight excluding hydrogens is 628 g/mol. The number of esters is 1. The van der Waals surface area contributed by atoms with Crippen molar-refractivity contribution in [3.05, 3.63) is 101 Å². The summed E-state index contributed by atoms with van der Waals surface area (Å²) >= 11 is 10.7. The number of ether oxygens (including phenoxy) is 2. The molecule has 4 rings (SSSR count). The molecule has 1 aliphatic heterocycles. The van der Waals surface area contributed by atoms with Gasteiger partial charge >= 0.3 is 5.97 Å². The fourth-order valence-electron chi connectivity index (χ4n) is 2.83. The van der Waals surface area contributed by atoms with Crippen LogP contribution in [0.5, 0.6) is 5.75 Å². The van der Waals surface area contributed by atoms with Crippen molar-refractivity contribution in [1.82, 2.24) is 0 Å². The van der Waals surface area contributed by atoms with Gasteiger partial charge in [0.2, 0.25) is 5.90 Å². The molecule has 0 atom stereocenters. The summed E-state index contributed by atoms with van der Waals surface area (Å²) in [4.78, 5) is 16.7. The van der Waals surface area contributed by atoms with Gasteiger partial charge in [0.15, 0.2) is 5.70 Å². The summed E-state index contributed by atoms with van der Waals surface area (Å²) in [5.74, 6) is 0.408. The van der Waals surface area contributed by atoms with Gasteiger partial charge in [-0.05, 0) is 105 Å². The van der Waals surface area contributed by atoms with E-state index in [1.54, 1.807) is 12.1 Å². The Morgan fingerprint density at radius 3 is 2.63 bits per heavy atom. The van der Waals surface area contributed by atoms with Gasteiger partial charge in [0.1, 0.15) is 12.4 Å². The molecule has 0 radical (unpaired) electrons. The van der Waals surface area contributed by atoms with Crippen LogP contribution in [0.3, 0.4) is 0 Å². The number of cyclic esters (lactones) is 1. The molecule has 0 unspecified atom stereocenters. The first-order valence-corrected chi connectivity index (χ1v) is 11.5. The average Bonchev–Trinajstić information content (AvgIpc) is 3.09. The number of halogens is 3. The van der Waals surface area contributed by atoms with E-state index in [0.717, 1.165) is 18.3 Å². The van der Waals surface area contributed by atoms with Crippen LogP contribution < -0.4 is 4.74 Å². The molecule has 0 saturated heterocycles. The lowest BCUT2D eigenvalue weighted by Gasteiger charge is -2.07. The standard InChI is InChI=1S/C23H14ClI2NO3/c24-20-8-7-17(26)12-19(20)22-27-21(23(28)30-22)11-14-3-2-6-18(10-14)29-13-15-4-1-5-16(25)9-15/h1-12H,13H2/b21-11-. The van der Waals surface area contributed by atoms with E-state index in [1.165, 1.54) is 0 Å². The lowest BCUT2D eigenvalue weighted by molar-refractivity contribution is -0.129. The number of carbonyl (C=O) groups excluding carboxylic acids is 1. The Morgan fingerprint density at radius 1 is 1.00 bits per heavy atom. The summed E-state index contributed by atoms with van der Waals surface area (Å²) in [6, 6.07) is 21.1. The second-order valence-electron chi connectivity index (χ2n) is 6.45. The minimum atomic E-state index is -0.509. The Labute approximate surface area is 206 Å². The summed E-state index contributed by atoms with van der Waals surface area (Å²) in [7, 11) is 0. The predicted octanol–water partition coefficient (Wildman–Crippen LogP) is 6.47. The Bertz CT molecular complexity index is 1190. The van der Waals surface area contributed by atoms with Gasteiger partial charge in [0.05, 0.1) is 10.6 Å². The minimum absolute atomic E-state index is 0.209. The molecule has 1 heterocycles. The molecule has 0 saturated carbocycles. The average molecular weight is 642 g/mol. The molecule has 0 aliphatic carbocycles. The van der Waals surface area contributed by atoms with Crippen LogP contribution >= 0.6 is 56.8 Å². The molecule has 0 fully saturated rings. The monoisotopic (exact) mass is 641 g/mol. The Kier molecular flexibility index (Phi) is 6.74. The molecule has 7 heteroatoms. The highest BCUT2D eigenvalue weighted by Crippen LogP contribution is 2.26. The van der Waals surface area contributed by atoms with Gasteiger partial charge < -0.3 is 9.47 Å². The van der Waals surface area contributed by atoms with Gasteiger partial charge in [-0.2, -0.15) is 0 Å². The SMILES string of the molecule is O=C1OC(c2cc(I)ccc2Cl)=N/C1=C\c1cccc(OCc2cccc(I)c2)c1. The highest BCUT2D eigenvalue weighted by Gasteiger charge is 2.25. The Balaban J connectivity index is 1.54. The van der Waals surface area contributed by atoms with Crippen molar-refractivity contribution in [2.75, 3.05) is 0 Å². The van der Waals surface area contributed by atoms with Crippen molar-refractivity contribution in [1.29, 1.82) is 0 Å². The number of rotatable bonds is 5. The minimum Gasteiger partial charge on any atom is -0.489 e. The fourth-order valence-corrected chi connectivity index (χ4v) is 4.13. The highest BCUT2D eigenvalue weighted by atomic mass is 127. The van der Waals surface area contributed by atoms with Crippen LogP contribution in [-0.4, -0.2) is 11.9 Å². The molecule has 0 aromatic heterocycles. The summed E-state index contributed by atoms with van der Waals surface area (Å²) in [5.41, 5.74) is 2.69. The maximum absolute atomic E-state index is 12.3. The molecule has 3 aromatic rings.